The number of carbonyl (C=O) groups excluding carboxylic acids is 4. The Balaban J connectivity index is 0.000000250. The number of aliphatic hydroxyl groups is 1. The molecule has 16 heteroatoms. The molecule has 6 N–H and O–H groups in total. The number of aliphatic carboxylic acids is 2. The molecule has 210 valence electrons. The third kappa shape index (κ3) is 5.90. The van der Waals surface area contributed by atoms with Crippen molar-refractivity contribution < 1.29 is 101 Å². The van der Waals surface area contributed by atoms with Gasteiger partial charge in [-0.3, -0.25) is 19.3 Å². The number of carboxylic acids is 2. The van der Waals surface area contributed by atoms with Gasteiger partial charge < -0.3 is 45.9 Å². The molecule has 4 aliphatic heterocycles. The topological polar surface area (TPSA) is 223 Å². The first-order valence-corrected chi connectivity index (χ1v) is 12.7. The second-order valence-electron chi connectivity index (χ2n) is 9.74. The molecule has 4 aliphatic rings. The molecule has 1 aromatic carbocycles. The van der Waals surface area contributed by atoms with Crippen molar-refractivity contribution in [1.82, 2.24) is 15.1 Å². The first-order valence-electron chi connectivity index (χ1n) is 11.9. The fraction of sp³-hybridized carbons (Fsp3) is 0.458. The average Bonchev–Trinajstić information content (AvgIpc) is 3.31. The molecule has 0 spiro atoms. The molecule has 4 fully saturated rings. The molecule has 40 heavy (non-hydrogen) atoms. The van der Waals surface area contributed by atoms with Crippen LogP contribution < -0.4 is 67.5 Å². The smallest absolute Gasteiger partial charge is 0.547 e. The van der Waals surface area contributed by atoms with Crippen molar-refractivity contribution in [3.8, 4) is 5.75 Å². The van der Waals surface area contributed by atoms with Crippen molar-refractivity contribution in [2.75, 3.05) is 6.61 Å². The molecule has 14 nitrogen and oxygen atoms in total. The van der Waals surface area contributed by atoms with Crippen LogP contribution in [0.2, 0.25) is 0 Å². The Labute approximate surface area is 275 Å². The molecule has 3 amide bonds. The number of hydrogen-bond acceptors (Lipinski definition) is 11. The van der Waals surface area contributed by atoms with E-state index < -0.39 is 64.3 Å². The van der Waals surface area contributed by atoms with Gasteiger partial charge in [0.05, 0.1) is 19.0 Å². The van der Waals surface area contributed by atoms with Gasteiger partial charge in [-0.05, 0) is 37.6 Å². The minimum Gasteiger partial charge on any atom is -0.547 e. The van der Waals surface area contributed by atoms with Gasteiger partial charge in [0.15, 0.2) is 6.23 Å². The first kappa shape index (κ1) is 32.3. The summed E-state index contributed by atoms with van der Waals surface area (Å²) in [4.78, 5) is 60.3. The third-order valence-electron chi connectivity index (χ3n) is 6.79. The van der Waals surface area contributed by atoms with Crippen LogP contribution in [-0.4, -0.2) is 95.9 Å². The molecule has 1 unspecified atom stereocenters. The quantitative estimate of drug-likeness (QED) is 0.152. The zero-order chi connectivity index (χ0) is 28.8. The average molecular weight is 603 g/mol. The van der Waals surface area contributed by atoms with E-state index in [0.29, 0.717) is 5.56 Å². The normalized spacial score (nSPS) is 28.9. The maximum Gasteiger partial charge on any atom is 1.00 e. The number of carbonyl (C=O) groups is 5. The number of fused-ring (bicyclic) bond motifs is 2. The number of carboxylic acid groups (broad SMARTS) is 2. The predicted molar refractivity (Wildman–Crippen MR) is 131 cm³/mol. The summed E-state index contributed by atoms with van der Waals surface area (Å²) in [7, 11) is 0. The number of nitrogens with zero attached hydrogens (tertiary/aromatic N) is 2. The summed E-state index contributed by atoms with van der Waals surface area (Å²) in [6.45, 7) is 3.21. The van der Waals surface area contributed by atoms with Crippen LogP contribution in [0.25, 0.3) is 0 Å². The zero-order valence-electron chi connectivity index (χ0n) is 21.8. The van der Waals surface area contributed by atoms with Crippen LogP contribution in [-0.2, 0) is 28.7 Å². The zero-order valence-corrected chi connectivity index (χ0v) is 25.8. The number of β-lactam (4-membered cyclic amide) rings is 2. The second kappa shape index (κ2) is 12.4. The number of nitrogens with one attached hydrogen (secondary N) is 1. The Kier molecular flexibility index (Phi) is 9.99. The fourth-order valence-corrected chi connectivity index (χ4v) is 6.49. The minimum atomic E-state index is -1.39. The standard InChI is InChI=1S/C16H19N3O5S.C8H9NO5.K/c1-16(2)11(15(23)24)19-13(22)10(14(19)25-16)18-12(21)9(17)7-3-5-8(20)6-4-7;10-2-1-4-7(8(12)13)9-5(11)3-6(9)14-4;/h3-6,9-11,14,20H,17H2,1-2H3,(H,18,21)(H,23,24);1,6-7,10H,2-3H2,(H,12,13);/q;;+1/p-1/b;4-1-;/t9?,10-,11+,14-;6-,7-;/m11./s1. The summed E-state index contributed by atoms with van der Waals surface area (Å²) in [5, 5.41) is 40.2. The van der Waals surface area contributed by atoms with E-state index in [0.717, 1.165) is 4.90 Å². The monoisotopic (exact) mass is 602 g/mol. The number of phenolic OH excluding ortho intramolecular Hbond substituents is 1. The predicted octanol–water partition coefficient (Wildman–Crippen LogP) is -5.40. The van der Waals surface area contributed by atoms with Crippen molar-refractivity contribution in [2.24, 2.45) is 5.73 Å². The molecule has 0 aliphatic carbocycles. The number of rotatable bonds is 6. The van der Waals surface area contributed by atoms with Gasteiger partial charge in [0.25, 0.3) is 0 Å². The van der Waals surface area contributed by atoms with E-state index in [2.05, 4.69) is 5.32 Å². The van der Waals surface area contributed by atoms with Gasteiger partial charge >= 0.3 is 57.4 Å². The van der Waals surface area contributed by atoms with Crippen molar-refractivity contribution >= 4 is 41.4 Å². The number of amides is 3. The minimum absolute atomic E-state index is 0. The van der Waals surface area contributed by atoms with Gasteiger partial charge in [-0.15, -0.1) is 11.8 Å². The molecular weight excluding hydrogens is 575 g/mol. The number of hydrogen-bond donors (Lipinski definition) is 5. The maximum absolute atomic E-state index is 12.3. The second-order valence-corrected chi connectivity index (χ2v) is 11.5. The molecule has 1 aromatic rings. The number of aromatic hydroxyl groups is 1. The van der Waals surface area contributed by atoms with Crippen LogP contribution in [0.4, 0.5) is 0 Å². The maximum atomic E-state index is 12.3. The molecule has 0 bridgehead atoms. The SMILES string of the molecule is CC1(C)S[C@@H]2[C@H](NC(=O)C(N)c3ccc(O)cc3)C(=O)N2[C@H]1C(=O)O.O=C([O-])[C@H]1/C(=C/CO)O[C@@H]2CC(=O)N21.[K+]. The van der Waals surface area contributed by atoms with Crippen molar-refractivity contribution in [3.63, 3.8) is 0 Å². The van der Waals surface area contributed by atoms with Crippen LogP contribution in [0.5, 0.6) is 5.75 Å². The number of phenols is 1. The third-order valence-corrected chi connectivity index (χ3v) is 8.36. The first-order chi connectivity index (χ1) is 18.3. The number of aliphatic hydroxyl groups excluding tert-OH is 1. The van der Waals surface area contributed by atoms with Crippen LogP contribution in [0.1, 0.15) is 31.9 Å². The van der Waals surface area contributed by atoms with Crippen molar-refractivity contribution in [2.45, 2.75) is 60.8 Å². The Morgan fingerprint density at radius 1 is 1.25 bits per heavy atom. The van der Waals surface area contributed by atoms with E-state index in [4.69, 9.17) is 15.6 Å². The molecule has 4 saturated heterocycles. The van der Waals surface area contributed by atoms with Gasteiger partial charge in [-0.25, -0.2) is 4.79 Å². The number of nitrogens with two attached hydrogens (primary N) is 1. The summed E-state index contributed by atoms with van der Waals surface area (Å²) in [5.74, 6) is -3.51. The van der Waals surface area contributed by atoms with Gasteiger partial charge in [0.2, 0.25) is 17.7 Å². The Bertz CT molecular complexity index is 1240. The van der Waals surface area contributed by atoms with Crippen LogP contribution in [0.3, 0.4) is 0 Å². The largest absolute Gasteiger partial charge is 1.00 e. The van der Waals surface area contributed by atoms with Gasteiger partial charge in [0.1, 0.15) is 41.0 Å². The molecule has 5 rings (SSSR count). The summed E-state index contributed by atoms with van der Waals surface area (Å²) >= 11 is 1.35. The van der Waals surface area contributed by atoms with Gasteiger partial charge in [-0.2, -0.15) is 0 Å². The number of ether oxygens (including phenoxy) is 1. The van der Waals surface area contributed by atoms with Crippen LogP contribution >= 0.6 is 11.8 Å². The summed E-state index contributed by atoms with van der Waals surface area (Å²) in [5.41, 5.74) is 6.41. The van der Waals surface area contributed by atoms with Crippen LogP contribution in [0.15, 0.2) is 36.1 Å². The Hall–Kier alpha value is -2.18. The molecule has 0 aromatic heterocycles. The van der Waals surface area contributed by atoms with E-state index in [9.17, 15) is 39.3 Å². The van der Waals surface area contributed by atoms with Crippen LogP contribution in [0, 0.1) is 0 Å². The number of benzene rings is 1. The van der Waals surface area contributed by atoms with Crippen molar-refractivity contribution in [3.05, 3.63) is 41.7 Å². The Morgan fingerprint density at radius 3 is 2.40 bits per heavy atom. The summed E-state index contributed by atoms with van der Waals surface area (Å²) < 4.78 is 4.48. The number of thioether (sulfide) groups is 1. The van der Waals surface area contributed by atoms with Crippen molar-refractivity contribution in [1.29, 1.82) is 0 Å². The summed E-state index contributed by atoms with van der Waals surface area (Å²) in [6, 6.07) is 2.03. The molecular formula is C24H27KN4O10S. The molecule has 0 saturated carbocycles. The summed E-state index contributed by atoms with van der Waals surface area (Å²) in [6.07, 6.45) is 0.918. The van der Waals surface area contributed by atoms with E-state index in [1.54, 1.807) is 13.8 Å². The van der Waals surface area contributed by atoms with E-state index in [-0.39, 0.29) is 81.8 Å². The molecule has 6 atom stereocenters. The fourth-order valence-electron chi connectivity index (χ4n) is 4.87. The Morgan fingerprint density at radius 2 is 1.88 bits per heavy atom. The molecule has 0 radical (unpaired) electrons. The van der Waals surface area contributed by atoms with E-state index in [1.807, 2.05) is 0 Å². The van der Waals surface area contributed by atoms with Gasteiger partial charge in [-0.1, -0.05) is 12.1 Å². The van der Waals surface area contributed by atoms with E-state index >= 15 is 0 Å². The van der Waals surface area contributed by atoms with E-state index in [1.165, 1.54) is 47.0 Å². The van der Waals surface area contributed by atoms with Gasteiger partial charge in [0, 0.05) is 4.75 Å². The molecule has 4 heterocycles.